The highest BCUT2D eigenvalue weighted by Crippen LogP contribution is 2.22. The third-order valence-corrected chi connectivity index (χ3v) is 2.39. The van der Waals surface area contributed by atoms with Crippen molar-refractivity contribution in [3.63, 3.8) is 0 Å². The first-order valence-electron chi connectivity index (χ1n) is 5.61. The van der Waals surface area contributed by atoms with Gasteiger partial charge in [-0.25, -0.2) is 9.97 Å². The molecule has 0 aromatic carbocycles. The van der Waals surface area contributed by atoms with E-state index in [0.29, 0.717) is 12.4 Å². The Morgan fingerprint density at radius 2 is 1.82 bits per heavy atom. The second kappa shape index (κ2) is 4.91. The normalized spacial score (nSPS) is 10.3. The summed E-state index contributed by atoms with van der Waals surface area (Å²) in [5.74, 6) is 1.41. The summed E-state index contributed by atoms with van der Waals surface area (Å²) < 4.78 is 5.51. The summed E-state index contributed by atoms with van der Waals surface area (Å²) in [6.07, 6.45) is 1.74. The van der Waals surface area contributed by atoms with Crippen LogP contribution in [-0.2, 0) is 0 Å². The van der Waals surface area contributed by atoms with Crippen LogP contribution < -0.4 is 4.74 Å². The van der Waals surface area contributed by atoms with Gasteiger partial charge >= 0.3 is 0 Å². The molecule has 88 valence electrons. The molecule has 0 radical (unpaired) electrons. The summed E-state index contributed by atoms with van der Waals surface area (Å²) >= 11 is 0. The number of hydrogen-bond donors (Lipinski definition) is 0. The van der Waals surface area contributed by atoms with Gasteiger partial charge in [-0.05, 0) is 32.9 Å². The van der Waals surface area contributed by atoms with Gasteiger partial charge in [0.25, 0.3) is 0 Å². The van der Waals surface area contributed by atoms with Gasteiger partial charge in [0, 0.05) is 6.20 Å². The lowest BCUT2D eigenvalue weighted by Crippen LogP contribution is -2.03. The zero-order valence-corrected chi connectivity index (χ0v) is 10.3. The fourth-order valence-electron chi connectivity index (χ4n) is 1.67. The van der Waals surface area contributed by atoms with E-state index in [1.807, 2.05) is 39.0 Å². The molecule has 0 aliphatic rings. The van der Waals surface area contributed by atoms with Crippen LogP contribution in [0.5, 0.6) is 5.75 Å². The zero-order chi connectivity index (χ0) is 12.3. The van der Waals surface area contributed by atoms with Crippen molar-refractivity contribution in [1.82, 2.24) is 15.0 Å². The molecule has 0 N–H and O–H groups in total. The first-order valence-corrected chi connectivity index (χ1v) is 5.61. The average molecular weight is 229 g/mol. The number of nitrogens with zero attached hydrogens (tertiary/aromatic N) is 3. The number of pyridine rings is 1. The Morgan fingerprint density at radius 1 is 1.12 bits per heavy atom. The van der Waals surface area contributed by atoms with Crippen molar-refractivity contribution in [2.24, 2.45) is 0 Å². The summed E-state index contributed by atoms with van der Waals surface area (Å²) in [7, 11) is 0. The molecule has 0 spiro atoms. The van der Waals surface area contributed by atoms with E-state index in [9.17, 15) is 0 Å². The molecule has 0 fully saturated rings. The van der Waals surface area contributed by atoms with Gasteiger partial charge in [0.05, 0.1) is 18.0 Å². The molecule has 4 nitrogen and oxygen atoms in total. The minimum atomic E-state index is 0.619. The van der Waals surface area contributed by atoms with E-state index < -0.39 is 0 Å². The summed E-state index contributed by atoms with van der Waals surface area (Å²) in [4.78, 5) is 13.1. The van der Waals surface area contributed by atoms with Gasteiger partial charge in [0.15, 0.2) is 11.6 Å². The number of rotatable bonds is 3. The molecule has 2 rings (SSSR count). The predicted octanol–water partition coefficient (Wildman–Crippen LogP) is 2.55. The predicted molar refractivity (Wildman–Crippen MR) is 65.9 cm³/mol. The fraction of sp³-hybridized carbons (Fsp3) is 0.308. The van der Waals surface area contributed by atoms with Crippen LogP contribution in [0.25, 0.3) is 11.5 Å². The van der Waals surface area contributed by atoms with Crippen LogP contribution in [0, 0.1) is 13.8 Å². The van der Waals surface area contributed by atoms with Crippen molar-refractivity contribution in [2.75, 3.05) is 6.61 Å². The Morgan fingerprint density at radius 3 is 2.35 bits per heavy atom. The fourth-order valence-corrected chi connectivity index (χ4v) is 1.67. The second-order valence-electron chi connectivity index (χ2n) is 3.70. The van der Waals surface area contributed by atoms with Crippen molar-refractivity contribution in [3.8, 4) is 17.3 Å². The van der Waals surface area contributed by atoms with E-state index in [2.05, 4.69) is 15.0 Å². The molecule has 0 aliphatic heterocycles. The van der Waals surface area contributed by atoms with Crippen LogP contribution in [0.4, 0.5) is 0 Å². The molecule has 0 atom stereocenters. The summed E-state index contributed by atoms with van der Waals surface area (Å²) in [5, 5.41) is 0. The van der Waals surface area contributed by atoms with Gasteiger partial charge in [-0.1, -0.05) is 6.07 Å². The lowest BCUT2D eigenvalue weighted by molar-refractivity contribution is 0.332. The number of aromatic nitrogens is 3. The first-order chi connectivity index (χ1) is 8.22. The molecule has 0 unspecified atom stereocenters. The maximum absolute atomic E-state index is 5.51. The molecule has 0 saturated carbocycles. The summed E-state index contributed by atoms with van der Waals surface area (Å²) in [6.45, 7) is 6.41. The van der Waals surface area contributed by atoms with Gasteiger partial charge in [-0.3, -0.25) is 4.98 Å². The van der Waals surface area contributed by atoms with Gasteiger partial charge < -0.3 is 4.74 Å². The molecule has 4 heteroatoms. The minimum Gasteiger partial charge on any atom is -0.490 e. The molecular formula is C13H15N3O. The molecule has 2 aromatic heterocycles. The lowest BCUT2D eigenvalue weighted by atomic mass is 10.2. The first kappa shape index (κ1) is 11.5. The van der Waals surface area contributed by atoms with Crippen LogP contribution in [0.15, 0.2) is 24.4 Å². The average Bonchev–Trinajstić information content (AvgIpc) is 2.35. The number of aryl methyl sites for hydroxylation is 2. The topological polar surface area (TPSA) is 47.9 Å². The summed E-state index contributed by atoms with van der Waals surface area (Å²) in [5.41, 5.74) is 2.47. The SMILES string of the molecule is CCOc1c(C)nc(-c2ccccn2)nc1C. The Hall–Kier alpha value is -1.97. The van der Waals surface area contributed by atoms with Gasteiger partial charge in [0.2, 0.25) is 0 Å². The van der Waals surface area contributed by atoms with E-state index in [-0.39, 0.29) is 0 Å². The smallest absolute Gasteiger partial charge is 0.178 e. The quantitative estimate of drug-likeness (QED) is 0.811. The molecular weight excluding hydrogens is 214 g/mol. The van der Waals surface area contributed by atoms with Gasteiger partial charge in [-0.2, -0.15) is 0 Å². The van der Waals surface area contributed by atoms with Gasteiger partial charge in [0.1, 0.15) is 5.69 Å². The molecule has 0 saturated heterocycles. The zero-order valence-electron chi connectivity index (χ0n) is 10.3. The van der Waals surface area contributed by atoms with E-state index in [4.69, 9.17) is 4.74 Å². The maximum atomic E-state index is 5.51. The maximum Gasteiger partial charge on any atom is 0.178 e. The van der Waals surface area contributed by atoms with Crippen molar-refractivity contribution in [1.29, 1.82) is 0 Å². The third-order valence-electron chi connectivity index (χ3n) is 2.39. The molecule has 0 amide bonds. The van der Waals surface area contributed by atoms with Crippen LogP contribution in [0.3, 0.4) is 0 Å². The number of hydrogen-bond acceptors (Lipinski definition) is 4. The highest BCUT2D eigenvalue weighted by atomic mass is 16.5. The third kappa shape index (κ3) is 2.41. The largest absolute Gasteiger partial charge is 0.490 e. The standard InChI is InChI=1S/C13H15N3O/c1-4-17-12-9(2)15-13(16-10(12)3)11-7-5-6-8-14-11/h5-8H,4H2,1-3H3. The molecule has 2 aromatic rings. The van der Waals surface area contributed by atoms with Crippen molar-refractivity contribution in [2.45, 2.75) is 20.8 Å². The lowest BCUT2D eigenvalue weighted by Gasteiger charge is -2.10. The van der Waals surface area contributed by atoms with E-state index >= 15 is 0 Å². The Balaban J connectivity index is 2.46. The monoisotopic (exact) mass is 229 g/mol. The second-order valence-corrected chi connectivity index (χ2v) is 3.70. The number of ether oxygens (including phenoxy) is 1. The van der Waals surface area contributed by atoms with Gasteiger partial charge in [-0.15, -0.1) is 0 Å². The van der Waals surface area contributed by atoms with Crippen LogP contribution in [-0.4, -0.2) is 21.6 Å². The molecule has 17 heavy (non-hydrogen) atoms. The Labute approximate surface area is 101 Å². The van der Waals surface area contributed by atoms with Crippen LogP contribution in [0.2, 0.25) is 0 Å². The van der Waals surface area contributed by atoms with Crippen molar-refractivity contribution < 1.29 is 4.74 Å². The van der Waals surface area contributed by atoms with Crippen molar-refractivity contribution >= 4 is 0 Å². The van der Waals surface area contributed by atoms with Crippen molar-refractivity contribution in [3.05, 3.63) is 35.8 Å². The minimum absolute atomic E-state index is 0.619. The Bertz CT molecular complexity index is 488. The highest BCUT2D eigenvalue weighted by molar-refractivity contribution is 5.51. The van der Waals surface area contributed by atoms with Crippen LogP contribution >= 0.6 is 0 Å². The summed E-state index contributed by atoms with van der Waals surface area (Å²) in [6, 6.07) is 5.69. The van der Waals surface area contributed by atoms with E-state index in [1.54, 1.807) is 6.20 Å². The molecule has 0 aliphatic carbocycles. The van der Waals surface area contributed by atoms with Crippen LogP contribution in [0.1, 0.15) is 18.3 Å². The molecule has 2 heterocycles. The Kier molecular flexibility index (Phi) is 3.32. The van der Waals surface area contributed by atoms with E-state index in [0.717, 1.165) is 22.8 Å². The molecule has 0 bridgehead atoms. The van der Waals surface area contributed by atoms with E-state index in [1.165, 1.54) is 0 Å². The highest BCUT2D eigenvalue weighted by Gasteiger charge is 2.10.